The lowest BCUT2D eigenvalue weighted by atomic mass is 10.1. The fourth-order valence-electron chi connectivity index (χ4n) is 2.88. The summed E-state index contributed by atoms with van der Waals surface area (Å²) < 4.78 is 32.2. The molecular formula is C18H19F2NO. The second-order valence-corrected chi connectivity index (χ2v) is 5.71. The minimum Gasteiger partial charge on any atom is -0.496 e. The molecule has 2 atom stereocenters. The Morgan fingerprint density at radius 2 is 2.00 bits per heavy atom. The third kappa shape index (κ3) is 3.28. The van der Waals surface area contributed by atoms with Crippen LogP contribution in [0.25, 0.3) is 0 Å². The van der Waals surface area contributed by atoms with Gasteiger partial charge >= 0.3 is 0 Å². The number of rotatable bonds is 6. The second-order valence-electron chi connectivity index (χ2n) is 5.71. The van der Waals surface area contributed by atoms with Gasteiger partial charge in [-0.25, -0.2) is 8.78 Å². The second kappa shape index (κ2) is 6.44. The Morgan fingerprint density at radius 1 is 1.18 bits per heavy atom. The number of benzene rings is 2. The Hall–Kier alpha value is -1.94. The molecule has 1 N–H and O–H groups in total. The summed E-state index contributed by atoms with van der Waals surface area (Å²) in [5.74, 6) is 1.08. The van der Waals surface area contributed by atoms with E-state index in [2.05, 4.69) is 5.32 Å². The van der Waals surface area contributed by atoms with Crippen molar-refractivity contribution in [1.29, 1.82) is 0 Å². The van der Waals surface area contributed by atoms with Gasteiger partial charge in [-0.15, -0.1) is 0 Å². The molecule has 1 fully saturated rings. The highest BCUT2D eigenvalue weighted by Crippen LogP contribution is 2.50. The van der Waals surface area contributed by atoms with Gasteiger partial charge in [0.15, 0.2) is 0 Å². The van der Waals surface area contributed by atoms with Gasteiger partial charge < -0.3 is 10.1 Å². The summed E-state index contributed by atoms with van der Waals surface area (Å²) >= 11 is 0. The molecule has 0 saturated heterocycles. The van der Waals surface area contributed by atoms with E-state index in [1.54, 1.807) is 31.4 Å². The lowest BCUT2D eigenvalue weighted by Crippen LogP contribution is -2.17. The monoisotopic (exact) mass is 303 g/mol. The average Bonchev–Trinajstić information content (AvgIpc) is 3.28. The zero-order valence-electron chi connectivity index (χ0n) is 12.5. The van der Waals surface area contributed by atoms with E-state index in [-0.39, 0.29) is 11.6 Å². The molecule has 0 bridgehead atoms. The third-order valence-corrected chi connectivity index (χ3v) is 4.19. The Labute approximate surface area is 129 Å². The van der Waals surface area contributed by atoms with Gasteiger partial charge in [-0.05, 0) is 49.1 Å². The fourth-order valence-corrected chi connectivity index (χ4v) is 2.88. The van der Waals surface area contributed by atoms with E-state index in [1.165, 1.54) is 12.1 Å². The molecule has 2 nitrogen and oxygen atoms in total. The largest absolute Gasteiger partial charge is 0.496 e. The molecule has 0 unspecified atom stereocenters. The number of ether oxygens (including phenoxy) is 1. The van der Waals surface area contributed by atoms with Gasteiger partial charge in [0.1, 0.15) is 17.4 Å². The van der Waals surface area contributed by atoms with Crippen LogP contribution in [0, 0.1) is 17.6 Å². The van der Waals surface area contributed by atoms with Crippen molar-refractivity contribution < 1.29 is 13.5 Å². The molecule has 0 radical (unpaired) electrons. The molecular weight excluding hydrogens is 284 g/mol. The van der Waals surface area contributed by atoms with Crippen LogP contribution >= 0.6 is 0 Å². The van der Waals surface area contributed by atoms with Crippen molar-refractivity contribution >= 4 is 0 Å². The molecule has 0 aromatic heterocycles. The Morgan fingerprint density at radius 3 is 2.77 bits per heavy atom. The topological polar surface area (TPSA) is 21.3 Å². The smallest absolute Gasteiger partial charge is 0.127 e. The molecule has 2 aromatic rings. The molecule has 4 heteroatoms. The Balaban J connectivity index is 1.55. The van der Waals surface area contributed by atoms with Crippen molar-refractivity contribution in [3.63, 3.8) is 0 Å². The van der Waals surface area contributed by atoms with E-state index in [1.807, 2.05) is 6.07 Å². The van der Waals surface area contributed by atoms with Crippen LogP contribution in [0.2, 0.25) is 0 Å². The SMILES string of the molecule is COc1ccc(F)cc1[C@H]1C[C@@H]1CNCc1ccccc1F. The van der Waals surface area contributed by atoms with Crippen LogP contribution < -0.4 is 10.1 Å². The number of hydrogen-bond acceptors (Lipinski definition) is 2. The van der Waals surface area contributed by atoms with Crippen molar-refractivity contribution in [2.75, 3.05) is 13.7 Å². The molecule has 2 aromatic carbocycles. The van der Waals surface area contributed by atoms with Crippen molar-refractivity contribution in [3.05, 3.63) is 65.2 Å². The lowest BCUT2D eigenvalue weighted by molar-refractivity contribution is 0.407. The maximum absolute atomic E-state index is 13.5. The van der Waals surface area contributed by atoms with Crippen molar-refractivity contribution in [2.45, 2.75) is 18.9 Å². The minimum atomic E-state index is -0.235. The van der Waals surface area contributed by atoms with Gasteiger partial charge in [-0.3, -0.25) is 0 Å². The first-order valence-electron chi connectivity index (χ1n) is 7.46. The van der Waals surface area contributed by atoms with Crippen molar-refractivity contribution in [2.24, 2.45) is 5.92 Å². The predicted octanol–water partition coefficient (Wildman–Crippen LogP) is 3.87. The molecule has 1 aliphatic rings. The number of hydrogen-bond donors (Lipinski definition) is 1. The summed E-state index contributed by atoms with van der Waals surface area (Å²) in [7, 11) is 1.60. The van der Waals surface area contributed by atoms with Crippen LogP contribution in [0.15, 0.2) is 42.5 Å². The van der Waals surface area contributed by atoms with Gasteiger partial charge in [0.2, 0.25) is 0 Å². The van der Waals surface area contributed by atoms with Gasteiger partial charge in [-0.1, -0.05) is 18.2 Å². The van der Waals surface area contributed by atoms with E-state index in [0.717, 1.165) is 24.3 Å². The highest BCUT2D eigenvalue weighted by Gasteiger charge is 2.39. The summed E-state index contributed by atoms with van der Waals surface area (Å²) in [6, 6.07) is 11.4. The fraction of sp³-hybridized carbons (Fsp3) is 0.333. The first-order valence-corrected chi connectivity index (χ1v) is 7.46. The Kier molecular flexibility index (Phi) is 4.39. The molecule has 0 spiro atoms. The van der Waals surface area contributed by atoms with Gasteiger partial charge in [0.05, 0.1) is 7.11 Å². The number of methoxy groups -OCH3 is 1. The lowest BCUT2D eigenvalue weighted by Gasteiger charge is -2.09. The van der Waals surface area contributed by atoms with Crippen LogP contribution in [0.5, 0.6) is 5.75 Å². The van der Waals surface area contributed by atoms with E-state index in [4.69, 9.17) is 4.74 Å². The zero-order chi connectivity index (χ0) is 15.5. The van der Waals surface area contributed by atoms with Gasteiger partial charge in [0, 0.05) is 17.7 Å². The van der Waals surface area contributed by atoms with E-state index < -0.39 is 0 Å². The molecule has 116 valence electrons. The number of halogens is 2. The maximum atomic E-state index is 13.5. The highest BCUT2D eigenvalue weighted by atomic mass is 19.1. The van der Waals surface area contributed by atoms with Crippen LogP contribution in [0.4, 0.5) is 8.78 Å². The van der Waals surface area contributed by atoms with Crippen molar-refractivity contribution in [3.8, 4) is 5.75 Å². The molecule has 1 saturated carbocycles. The molecule has 0 heterocycles. The first-order chi connectivity index (χ1) is 10.7. The van der Waals surface area contributed by atoms with E-state index in [9.17, 15) is 8.78 Å². The zero-order valence-corrected chi connectivity index (χ0v) is 12.5. The molecule has 22 heavy (non-hydrogen) atoms. The van der Waals surface area contributed by atoms with Crippen LogP contribution in [-0.4, -0.2) is 13.7 Å². The average molecular weight is 303 g/mol. The van der Waals surface area contributed by atoms with Gasteiger partial charge in [-0.2, -0.15) is 0 Å². The summed E-state index contributed by atoms with van der Waals surface area (Å²) in [4.78, 5) is 0. The quantitative estimate of drug-likeness (QED) is 0.875. The van der Waals surface area contributed by atoms with E-state index >= 15 is 0 Å². The normalized spacial score (nSPS) is 20.0. The minimum absolute atomic E-state index is 0.186. The first kappa shape index (κ1) is 15.0. The van der Waals surface area contributed by atoms with Gasteiger partial charge in [0.25, 0.3) is 0 Å². The Bertz CT molecular complexity index is 659. The summed E-state index contributed by atoms with van der Waals surface area (Å²) in [6.45, 7) is 1.30. The maximum Gasteiger partial charge on any atom is 0.127 e. The van der Waals surface area contributed by atoms with Crippen LogP contribution in [0.3, 0.4) is 0 Å². The van der Waals surface area contributed by atoms with E-state index in [0.29, 0.717) is 23.9 Å². The molecule has 0 amide bonds. The summed E-state index contributed by atoms with van der Waals surface area (Å²) in [6.07, 6.45) is 1.00. The van der Waals surface area contributed by atoms with Crippen molar-refractivity contribution in [1.82, 2.24) is 5.32 Å². The number of nitrogens with one attached hydrogen (secondary N) is 1. The van der Waals surface area contributed by atoms with Crippen LogP contribution in [0.1, 0.15) is 23.5 Å². The summed E-state index contributed by atoms with van der Waals surface area (Å²) in [5.41, 5.74) is 1.60. The summed E-state index contributed by atoms with van der Waals surface area (Å²) in [5, 5.41) is 3.28. The predicted molar refractivity (Wildman–Crippen MR) is 81.9 cm³/mol. The highest BCUT2D eigenvalue weighted by molar-refractivity contribution is 5.40. The molecule has 0 aliphatic heterocycles. The molecule has 3 rings (SSSR count). The molecule has 1 aliphatic carbocycles. The van der Waals surface area contributed by atoms with Crippen LogP contribution in [-0.2, 0) is 6.54 Å². The standard InChI is InChI=1S/C18H19F2NO/c1-22-18-7-6-14(19)9-16(18)15-8-13(15)11-21-10-12-4-2-3-5-17(12)20/h2-7,9,13,15,21H,8,10-11H2,1H3/t13-,15+/m1/s1. The third-order valence-electron chi connectivity index (χ3n) is 4.19.